The number of hydrogen-bond donors (Lipinski definition) is 1. The summed E-state index contributed by atoms with van der Waals surface area (Å²) in [5.41, 5.74) is 2.13. The van der Waals surface area contributed by atoms with Crippen molar-refractivity contribution >= 4 is 63.8 Å². The maximum absolute atomic E-state index is 13.9. The van der Waals surface area contributed by atoms with E-state index < -0.39 is 17.7 Å². The molecule has 3 heterocycles. The maximum Gasteiger partial charge on any atom is 0.305 e. The normalized spacial score (nSPS) is 27.8. The largest absolute Gasteiger partial charge is 0.493 e. The van der Waals surface area contributed by atoms with Gasteiger partial charge in [-0.15, -0.1) is 11.8 Å². The smallest absolute Gasteiger partial charge is 0.305 e. The number of benzene rings is 3. The maximum atomic E-state index is 13.9. The van der Waals surface area contributed by atoms with Gasteiger partial charge < -0.3 is 14.5 Å². The second-order valence-electron chi connectivity index (χ2n) is 11.9. The number of imide groups is 1. The quantitative estimate of drug-likeness (QED) is 0.217. The average Bonchev–Trinajstić information content (AvgIpc) is 3.76. The van der Waals surface area contributed by atoms with Gasteiger partial charge in [0.05, 0.1) is 29.7 Å². The van der Waals surface area contributed by atoms with E-state index in [4.69, 9.17) is 32.7 Å². The lowest BCUT2D eigenvalue weighted by Gasteiger charge is -2.43. The van der Waals surface area contributed by atoms with Crippen LogP contribution in [0.1, 0.15) is 28.3 Å². The number of carbonyl (C=O) groups is 2. The van der Waals surface area contributed by atoms with Crippen molar-refractivity contribution in [3.8, 4) is 11.5 Å². The van der Waals surface area contributed by atoms with Crippen LogP contribution in [0.5, 0.6) is 11.5 Å². The summed E-state index contributed by atoms with van der Waals surface area (Å²) < 4.78 is 25.5. The van der Waals surface area contributed by atoms with Crippen molar-refractivity contribution in [1.29, 1.82) is 0 Å². The first-order chi connectivity index (χ1) is 21.7. The summed E-state index contributed by atoms with van der Waals surface area (Å²) in [6.45, 7) is 0.216. The molecule has 7 atom stereocenters. The Morgan fingerprint density at radius 1 is 0.956 bits per heavy atom. The first-order valence-electron chi connectivity index (χ1n) is 14.5. The number of H-pyrrole nitrogens is 1. The molecule has 4 aromatic rings. The third-order valence-corrected chi connectivity index (χ3v) is 12.9. The van der Waals surface area contributed by atoms with E-state index in [0.717, 1.165) is 27.5 Å². The van der Waals surface area contributed by atoms with E-state index in [1.165, 1.54) is 40.5 Å². The van der Waals surface area contributed by atoms with Gasteiger partial charge in [-0.2, -0.15) is 0 Å². The van der Waals surface area contributed by atoms with E-state index in [-0.39, 0.29) is 52.2 Å². The fourth-order valence-electron chi connectivity index (χ4n) is 8.03. The van der Waals surface area contributed by atoms with Crippen molar-refractivity contribution in [3.63, 3.8) is 0 Å². The van der Waals surface area contributed by atoms with Crippen LogP contribution in [0.25, 0.3) is 0 Å². The fourth-order valence-corrected chi connectivity index (χ4v) is 11.4. The molecule has 2 amide bonds. The molecule has 1 saturated heterocycles. The highest BCUT2D eigenvalue weighted by Crippen LogP contribution is 2.68. The van der Waals surface area contributed by atoms with Gasteiger partial charge in [-0.1, -0.05) is 46.7 Å². The molecule has 2 bridgehead atoms. The van der Waals surface area contributed by atoms with Gasteiger partial charge in [0.2, 0.25) is 11.8 Å². The number of aromatic amines is 1. The van der Waals surface area contributed by atoms with E-state index in [1.54, 1.807) is 31.0 Å². The van der Waals surface area contributed by atoms with Crippen molar-refractivity contribution in [2.45, 2.75) is 29.2 Å². The molecule has 1 N–H and O–H groups in total. The highest BCUT2D eigenvalue weighted by Gasteiger charge is 2.69. The minimum absolute atomic E-state index is 0.0227. The van der Waals surface area contributed by atoms with Crippen LogP contribution in [-0.4, -0.2) is 29.2 Å². The number of anilines is 1. The van der Waals surface area contributed by atoms with Gasteiger partial charge in [-0.25, -0.2) is 4.39 Å². The lowest BCUT2D eigenvalue weighted by atomic mass is 9.68. The monoisotopic (exact) mass is 682 g/mol. The number of methoxy groups -OCH3 is 1. The molecule has 0 spiro atoms. The molecule has 230 valence electrons. The summed E-state index contributed by atoms with van der Waals surface area (Å²) in [7, 11) is 1.58. The zero-order valence-electron chi connectivity index (χ0n) is 23.7. The predicted molar refractivity (Wildman–Crippen MR) is 171 cm³/mol. The van der Waals surface area contributed by atoms with Crippen molar-refractivity contribution in [2.75, 3.05) is 12.0 Å². The first-order valence-corrected chi connectivity index (χ1v) is 17.0. The van der Waals surface area contributed by atoms with Gasteiger partial charge in [0.15, 0.2) is 11.5 Å². The van der Waals surface area contributed by atoms with Crippen molar-refractivity contribution in [3.05, 3.63) is 102 Å². The predicted octanol–water partition coefficient (Wildman–Crippen LogP) is 7.15. The average molecular weight is 684 g/mol. The van der Waals surface area contributed by atoms with Crippen LogP contribution in [0.3, 0.4) is 0 Å². The van der Waals surface area contributed by atoms with E-state index in [1.807, 2.05) is 24.3 Å². The van der Waals surface area contributed by atoms with Gasteiger partial charge in [-0.05, 0) is 78.3 Å². The fraction of sp³-hybridized carbons (Fsp3) is 0.303. The zero-order chi connectivity index (χ0) is 31.1. The molecule has 2 aliphatic carbocycles. The number of ether oxygens (including phenoxy) is 2. The molecule has 3 fully saturated rings. The Hall–Kier alpha value is -3.31. The Morgan fingerprint density at radius 3 is 2.44 bits per heavy atom. The summed E-state index contributed by atoms with van der Waals surface area (Å²) in [6.07, 6.45) is 0.766. The number of halogens is 3. The van der Waals surface area contributed by atoms with Gasteiger partial charge in [0.1, 0.15) is 12.4 Å². The molecule has 7 nitrogen and oxygen atoms in total. The Balaban J connectivity index is 1.14. The SMILES string of the molecule is COc1cc(C2c3sc(=O)[nH]c3SC3C4CC(C5C(=O)N(c6ccc(F)cc6)C(=O)C45)C23)ccc1OCc1ccc(Cl)cc1Cl. The standard InChI is InChI=1S/C33H25Cl2FN2O5S2/c1-42-23-10-14(3-9-22(23)43-13-15-2-4-16(34)11-21(15)35)24-25-19-12-20(28(25)44-30-29(24)45-33(41)37-30)27-26(19)31(39)38(32(27)40)18-7-5-17(36)6-8-18/h2-11,19-20,24-28H,12-13H2,1H3,(H,37,41). The van der Waals surface area contributed by atoms with Crippen LogP contribution < -0.4 is 19.2 Å². The van der Waals surface area contributed by atoms with E-state index >= 15 is 0 Å². The minimum atomic E-state index is -0.456. The number of thioether (sulfide) groups is 1. The lowest BCUT2D eigenvalue weighted by Crippen LogP contribution is -2.42. The summed E-state index contributed by atoms with van der Waals surface area (Å²) in [6, 6.07) is 16.5. The summed E-state index contributed by atoms with van der Waals surface area (Å²) in [5, 5.41) is 1.91. The number of thiazole rings is 1. The lowest BCUT2D eigenvalue weighted by molar-refractivity contribution is -0.123. The van der Waals surface area contributed by atoms with Crippen LogP contribution in [0.15, 0.2) is 70.5 Å². The van der Waals surface area contributed by atoms with E-state index in [0.29, 0.717) is 27.2 Å². The molecule has 1 aromatic heterocycles. The Labute approximate surface area is 275 Å². The molecular weight excluding hydrogens is 658 g/mol. The van der Waals surface area contributed by atoms with Gasteiger partial charge in [-0.3, -0.25) is 19.3 Å². The minimum Gasteiger partial charge on any atom is -0.493 e. The van der Waals surface area contributed by atoms with Gasteiger partial charge >= 0.3 is 4.87 Å². The molecule has 8 rings (SSSR count). The first kappa shape index (κ1) is 29.1. The zero-order valence-corrected chi connectivity index (χ0v) is 26.8. The molecule has 3 aromatic carbocycles. The summed E-state index contributed by atoms with van der Waals surface area (Å²) in [4.78, 5) is 45.4. The van der Waals surface area contributed by atoms with Crippen LogP contribution >= 0.6 is 46.3 Å². The highest BCUT2D eigenvalue weighted by molar-refractivity contribution is 8.00. The third-order valence-electron chi connectivity index (χ3n) is 9.75. The second kappa shape index (κ2) is 10.9. The van der Waals surface area contributed by atoms with Crippen LogP contribution in [0.2, 0.25) is 10.0 Å². The molecular formula is C33H25Cl2FN2O5S2. The number of nitrogens with zero attached hydrogens (tertiary/aromatic N) is 1. The number of amides is 2. The van der Waals surface area contributed by atoms with Gasteiger partial charge in [0, 0.05) is 31.7 Å². The number of rotatable bonds is 6. The van der Waals surface area contributed by atoms with Crippen LogP contribution in [0, 0.1) is 35.4 Å². The van der Waals surface area contributed by atoms with Crippen LogP contribution in [-0.2, 0) is 16.2 Å². The number of fused-ring (bicyclic) bond motifs is 9. The summed E-state index contributed by atoms with van der Waals surface area (Å²) >= 11 is 15.2. The molecule has 0 radical (unpaired) electrons. The van der Waals surface area contributed by atoms with E-state index in [2.05, 4.69) is 4.98 Å². The van der Waals surface area contributed by atoms with E-state index in [9.17, 15) is 18.8 Å². The van der Waals surface area contributed by atoms with Gasteiger partial charge in [0.25, 0.3) is 0 Å². The number of hydrogen-bond acceptors (Lipinski definition) is 7. The number of aromatic nitrogens is 1. The summed E-state index contributed by atoms with van der Waals surface area (Å²) in [5.74, 6) is -0.908. The molecule has 4 aliphatic rings. The molecule has 12 heteroatoms. The highest BCUT2D eigenvalue weighted by atomic mass is 35.5. The Morgan fingerprint density at radius 2 is 1.71 bits per heavy atom. The van der Waals surface area contributed by atoms with Crippen molar-refractivity contribution in [2.24, 2.45) is 29.6 Å². The molecule has 45 heavy (non-hydrogen) atoms. The second-order valence-corrected chi connectivity index (χ2v) is 14.9. The topological polar surface area (TPSA) is 88.7 Å². The Kier molecular flexibility index (Phi) is 7.05. The molecule has 2 saturated carbocycles. The molecule has 7 unspecified atom stereocenters. The molecule has 2 aliphatic heterocycles. The van der Waals surface area contributed by atoms with Crippen molar-refractivity contribution < 1.29 is 23.5 Å². The number of carbonyl (C=O) groups excluding carboxylic acids is 2. The van der Waals surface area contributed by atoms with Crippen LogP contribution in [0.4, 0.5) is 10.1 Å². The Bertz CT molecular complexity index is 1930. The number of nitrogens with one attached hydrogen (secondary N) is 1. The van der Waals surface area contributed by atoms with Crippen molar-refractivity contribution in [1.82, 2.24) is 4.98 Å². The third kappa shape index (κ3) is 4.55.